The van der Waals surface area contributed by atoms with E-state index in [1.165, 1.54) is 33.5 Å². The van der Waals surface area contributed by atoms with Crippen molar-refractivity contribution in [3.05, 3.63) is 45.9 Å². The highest BCUT2D eigenvalue weighted by Crippen LogP contribution is 2.37. The van der Waals surface area contributed by atoms with Crippen molar-refractivity contribution in [1.29, 1.82) is 0 Å². The number of hydrogen-bond donors (Lipinski definition) is 1. The van der Waals surface area contributed by atoms with Gasteiger partial charge in [-0.2, -0.15) is 0 Å². The van der Waals surface area contributed by atoms with Crippen molar-refractivity contribution < 1.29 is 22.6 Å². The molecule has 0 unspecified atom stereocenters. The second kappa shape index (κ2) is 8.14. The molecule has 0 heterocycles. The Kier molecular flexibility index (Phi) is 6.40. The summed E-state index contributed by atoms with van der Waals surface area (Å²) in [6.07, 6.45) is 0. The van der Waals surface area contributed by atoms with E-state index in [4.69, 9.17) is 37.4 Å². The van der Waals surface area contributed by atoms with Gasteiger partial charge in [-0.3, -0.25) is 0 Å². The zero-order chi connectivity index (χ0) is 18.6. The Morgan fingerprint density at radius 1 is 0.880 bits per heavy atom. The second-order valence-electron chi connectivity index (χ2n) is 4.86. The fourth-order valence-corrected chi connectivity index (χ4v) is 4.06. The van der Waals surface area contributed by atoms with Crippen molar-refractivity contribution in [3.8, 4) is 17.2 Å². The van der Waals surface area contributed by atoms with Gasteiger partial charge >= 0.3 is 0 Å². The predicted molar refractivity (Wildman–Crippen MR) is 96.6 cm³/mol. The summed E-state index contributed by atoms with van der Waals surface area (Å²) >= 11 is 12.1. The highest BCUT2D eigenvalue weighted by atomic mass is 35.5. The molecule has 2 rings (SSSR count). The van der Waals surface area contributed by atoms with Crippen molar-refractivity contribution >= 4 is 33.2 Å². The minimum Gasteiger partial charge on any atom is -0.496 e. The zero-order valence-electron chi connectivity index (χ0n) is 13.8. The van der Waals surface area contributed by atoms with Gasteiger partial charge in [-0.15, -0.1) is 0 Å². The molecule has 0 amide bonds. The Morgan fingerprint density at radius 3 is 1.96 bits per heavy atom. The molecule has 1 N–H and O–H groups in total. The summed E-state index contributed by atoms with van der Waals surface area (Å²) in [6.45, 7) is -0.0461. The van der Waals surface area contributed by atoms with Crippen LogP contribution in [0.15, 0.2) is 35.2 Å². The maximum Gasteiger partial charge on any atom is 0.242 e. The first-order chi connectivity index (χ1) is 11.9. The molecule has 0 radical (unpaired) electrons. The van der Waals surface area contributed by atoms with Crippen LogP contribution in [-0.2, 0) is 16.6 Å². The molecule has 6 nitrogen and oxygen atoms in total. The Bertz CT molecular complexity index is 849. The van der Waals surface area contributed by atoms with E-state index in [1.807, 2.05) is 0 Å². The molecule has 2 aromatic rings. The minimum atomic E-state index is -3.92. The Morgan fingerprint density at radius 2 is 1.44 bits per heavy atom. The molecule has 0 aliphatic rings. The monoisotopic (exact) mass is 405 g/mol. The number of halogens is 2. The van der Waals surface area contributed by atoms with E-state index in [2.05, 4.69) is 4.72 Å². The van der Waals surface area contributed by atoms with Gasteiger partial charge in [-0.25, -0.2) is 13.1 Å². The molecule has 25 heavy (non-hydrogen) atoms. The number of nitrogens with one attached hydrogen (secondary N) is 1. The second-order valence-corrected chi connectivity index (χ2v) is 7.35. The van der Waals surface area contributed by atoms with E-state index in [-0.39, 0.29) is 27.2 Å². The molecular formula is C16H17Cl2NO5S. The zero-order valence-corrected chi connectivity index (χ0v) is 16.1. The maximum atomic E-state index is 12.6. The first-order valence-corrected chi connectivity index (χ1v) is 9.31. The molecule has 0 aliphatic heterocycles. The topological polar surface area (TPSA) is 73.9 Å². The third kappa shape index (κ3) is 4.12. The highest BCUT2D eigenvalue weighted by Gasteiger charge is 2.23. The molecule has 0 fully saturated rings. The van der Waals surface area contributed by atoms with Gasteiger partial charge in [0.15, 0.2) is 0 Å². The summed E-state index contributed by atoms with van der Waals surface area (Å²) in [5.41, 5.74) is 0.562. The number of hydrogen-bond acceptors (Lipinski definition) is 5. The van der Waals surface area contributed by atoms with Gasteiger partial charge in [-0.05, 0) is 24.3 Å². The van der Waals surface area contributed by atoms with Gasteiger partial charge in [0.05, 0.1) is 31.9 Å². The highest BCUT2D eigenvalue weighted by molar-refractivity contribution is 7.89. The fraction of sp³-hybridized carbons (Fsp3) is 0.250. The largest absolute Gasteiger partial charge is 0.496 e. The first-order valence-electron chi connectivity index (χ1n) is 7.07. The molecule has 0 aliphatic carbocycles. The molecule has 0 bridgehead atoms. The van der Waals surface area contributed by atoms with Crippen molar-refractivity contribution in [2.75, 3.05) is 21.3 Å². The van der Waals surface area contributed by atoms with Gasteiger partial charge in [0, 0.05) is 6.54 Å². The molecule has 9 heteroatoms. The average molecular weight is 406 g/mol. The third-order valence-corrected chi connectivity index (χ3v) is 5.91. The maximum absolute atomic E-state index is 12.6. The summed E-state index contributed by atoms with van der Waals surface area (Å²) < 4.78 is 43.2. The first kappa shape index (κ1) is 19.7. The van der Waals surface area contributed by atoms with E-state index in [9.17, 15) is 8.42 Å². The normalized spacial score (nSPS) is 11.2. The molecule has 0 atom stereocenters. The van der Waals surface area contributed by atoms with Gasteiger partial charge in [0.1, 0.15) is 27.2 Å². The lowest BCUT2D eigenvalue weighted by molar-refractivity contribution is 0.384. The van der Waals surface area contributed by atoms with Crippen LogP contribution in [0.3, 0.4) is 0 Å². The van der Waals surface area contributed by atoms with Crippen LogP contribution in [0.25, 0.3) is 0 Å². The van der Waals surface area contributed by atoms with E-state index >= 15 is 0 Å². The Hall–Kier alpha value is -1.67. The van der Waals surface area contributed by atoms with E-state index in [0.29, 0.717) is 17.1 Å². The SMILES string of the molecule is COc1ccc(S(=O)(=O)NCc2c(OC)cccc2OC)c(Cl)c1Cl. The average Bonchev–Trinajstić information content (AvgIpc) is 2.61. The predicted octanol–water partition coefficient (Wildman–Crippen LogP) is 3.50. The number of ether oxygens (including phenoxy) is 3. The molecule has 0 spiro atoms. The lowest BCUT2D eigenvalue weighted by Gasteiger charge is -2.15. The van der Waals surface area contributed by atoms with Crippen LogP contribution < -0.4 is 18.9 Å². The standard InChI is InChI=1S/C16H17Cl2NO5S/c1-22-11-5-4-6-12(23-2)10(11)9-19-25(20,21)14-8-7-13(24-3)15(17)16(14)18/h4-8,19H,9H2,1-3H3. The van der Waals surface area contributed by atoms with Crippen LogP contribution in [0.4, 0.5) is 0 Å². The Labute approximate surface area is 156 Å². The molecule has 2 aromatic carbocycles. The molecule has 136 valence electrons. The summed E-state index contributed by atoms with van der Waals surface area (Å²) in [6, 6.07) is 7.93. The van der Waals surface area contributed by atoms with Crippen molar-refractivity contribution in [2.45, 2.75) is 11.4 Å². The van der Waals surface area contributed by atoms with Crippen molar-refractivity contribution in [3.63, 3.8) is 0 Å². The summed E-state index contributed by atoms with van der Waals surface area (Å²) in [5.74, 6) is 1.29. The lowest BCUT2D eigenvalue weighted by atomic mass is 10.2. The number of methoxy groups -OCH3 is 3. The van der Waals surface area contributed by atoms with Crippen LogP contribution in [0.1, 0.15) is 5.56 Å². The van der Waals surface area contributed by atoms with Crippen LogP contribution in [0.5, 0.6) is 17.2 Å². The minimum absolute atomic E-state index is 0.0295. The van der Waals surface area contributed by atoms with E-state index in [1.54, 1.807) is 18.2 Å². The van der Waals surface area contributed by atoms with E-state index in [0.717, 1.165) is 0 Å². The molecule has 0 saturated carbocycles. The quantitative estimate of drug-likeness (QED) is 0.762. The van der Waals surface area contributed by atoms with Crippen molar-refractivity contribution in [1.82, 2.24) is 4.72 Å². The van der Waals surface area contributed by atoms with Gasteiger partial charge in [-0.1, -0.05) is 29.3 Å². The smallest absolute Gasteiger partial charge is 0.242 e. The number of benzene rings is 2. The summed E-state index contributed by atoms with van der Waals surface area (Å²) in [4.78, 5) is -0.145. The van der Waals surface area contributed by atoms with Crippen LogP contribution >= 0.6 is 23.2 Å². The fourth-order valence-electron chi connectivity index (χ4n) is 2.23. The summed E-state index contributed by atoms with van der Waals surface area (Å²) in [7, 11) is 0.481. The summed E-state index contributed by atoms with van der Waals surface area (Å²) in [5, 5.41) is -0.0811. The Balaban J connectivity index is 2.34. The van der Waals surface area contributed by atoms with Crippen LogP contribution in [0.2, 0.25) is 10.0 Å². The molecule has 0 saturated heterocycles. The van der Waals surface area contributed by atoms with E-state index < -0.39 is 10.0 Å². The van der Waals surface area contributed by atoms with Crippen LogP contribution in [0, 0.1) is 0 Å². The molecular weight excluding hydrogens is 389 g/mol. The van der Waals surface area contributed by atoms with Crippen molar-refractivity contribution in [2.24, 2.45) is 0 Å². The van der Waals surface area contributed by atoms with Crippen LogP contribution in [-0.4, -0.2) is 29.7 Å². The number of rotatable bonds is 7. The van der Waals surface area contributed by atoms with Gasteiger partial charge in [0.25, 0.3) is 0 Å². The third-order valence-electron chi connectivity index (χ3n) is 3.49. The van der Waals surface area contributed by atoms with Gasteiger partial charge in [0.2, 0.25) is 10.0 Å². The molecule has 0 aromatic heterocycles. The van der Waals surface area contributed by atoms with Gasteiger partial charge < -0.3 is 14.2 Å². The lowest BCUT2D eigenvalue weighted by Crippen LogP contribution is -2.24. The number of sulfonamides is 1.